The summed E-state index contributed by atoms with van der Waals surface area (Å²) in [6.07, 6.45) is 1.97. The lowest BCUT2D eigenvalue weighted by Crippen LogP contribution is -2.19. The van der Waals surface area contributed by atoms with Gasteiger partial charge in [0.2, 0.25) is 0 Å². The summed E-state index contributed by atoms with van der Waals surface area (Å²) >= 11 is 0. The molecule has 0 saturated carbocycles. The third-order valence-corrected chi connectivity index (χ3v) is 2.80. The standard InChI is InChI=1S/C14H19N3O/c1-3-18-10(2)9-17-13-6-7-16-14-8-11(15)4-5-12(13)14/h4-8,10H,3,9,15H2,1-2H3,(H,16,17). The Labute approximate surface area is 107 Å². The number of anilines is 2. The van der Waals surface area contributed by atoms with Gasteiger partial charge in [0, 0.05) is 36.1 Å². The summed E-state index contributed by atoms with van der Waals surface area (Å²) in [5.41, 5.74) is 8.45. The van der Waals surface area contributed by atoms with Gasteiger partial charge in [-0.05, 0) is 38.1 Å². The maximum atomic E-state index is 5.76. The van der Waals surface area contributed by atoms with Crippen LogP contribution in [0.4, 0.5) is 11.4 Å². The number of fused-ring (bicyclic) bond motifs is 1. The summed E-state index contributed by atoms with van der Waals surface area (Å²) in [4.78, 5) is 4.31. The van der Waals surface area contributed by atoms with E-state index in [4.69, 9.17) is 10.5 Å². The number of nitrogens with two attached hydrogens (primary N) is 1. The number of benzene rings is 1. The minimum absolute atomic E-state index is 0.187. The summed E-state index contributed by atoms with van der Waals surface area (Å²) in [6.45, 7) is 5.56. The monoisotopic (exact) mass is 245 g/mol. The molecule has 4 heteroatoms. The first kappa shape index (κ1) is 12.6. The molecule has 4 nitrogen and oxygen atoms in total. The Kier molecular flexibility index (Phi) is 3.99. The molecule has 1 atom stereocenters. The van der Waals surface area contributed by atoms with Crippen molar-refractivity contribution in [2.75, 3.05) is 24.2 Å². The molecule has 0 radical (unpaired) electrons. The fraction of sp³-hybridized carbons (Fsp3) is 0.357. The highest BCUT2D eigenvalue weighted by Gasteiger charge is 2.04. The molecule has 2 aromatic rings. The number of hydrogen-bond donors (Lipinski definition) is 2. The van der Waals surface area contributed by atoms with E-state index in [1.165, 1.54) is 0 Å². The van der Waals surface area contributed by atoms with Crippen molar-refractivity contribution in [1.82, 2.24) is 4.98 Å². The molecule has 0 aliphatic carbocycles. The largest absolute Gasteiger partial charge is 0.399 e. The van der Waals surface area contributed by atoms with Gasteiger partial charge in [-0.1, -0.05) is 0 Å². The lowest BCUT2D eigenvalue weighted by molar-refractivity contribution is 0.0855. The Morgan fingerprint density at radius 2 is 2.22 bits per heavy atom. The van der Waals surface area contributed by atoms with E-state index in [-0.39, 0.29) is 6.10 Å². The van der Waals surface area contributed by atoms with Gasteiger partial charge >= 0.3 is 0 Å². The quantitative estimate of drug-likeness (QED) is 0.795. The lowest BCUT2D eigenvalue weighted by atomic mass is 10.1. The first-order chi connectivity index (χ1) is 8.70. The molecule has 96 valence electrons. The first-order valence-corrected chi connectivity index (χ1v) is 6.20. The number of nitrogen functional groups attached to an aromatic ring is 1. The van der Waals surface area contributed by atoms with Crippen LogP contribution in [0.1, 0.15) is 13.8 Å². The molecule has 1 aromatic carbocycles. The molecule has 1 unspecified atom stereocenters. The molecule has 0 saturated heterocycles. The highest BCUT2D eigenvalue weighted by atomic mass is 16.5. The maximum absolute atomic E-state index is 5.76. The van der Waals surface area contributed by atoms with Crippen molar-refractivity contribution in [2.24, 2.45) is 0 Å². The van der Waals surface area contributed by atoms with Crippen LogP contribution in [0.15, 0.2) is 30.5 Å². The average Bonchev–Trinajstić information content (AvgIpc) is 2.36. The van der Waals surface area contributed by atoms with Crippen molar-refractivity contribution in [3.05, 3.63) is 30.5 Å². The summed E-state index contributed by atoms with van der Waals surface area (Å²) in [5, 5.41) is 4.46. The maximum Gasteiger partial charge on any atom is 0.0743 e. The molecule has 1 aromatic heterocycles. The fourth-order valence-electron chi connectivity index (χ4n) is 1.92. The molecule has 2 rings (SSSR count). The van der Waals surface area contributed by atoms with Gasteiger partial charge < -0.3 is 15.8 Å². The third kappa shape index (κ3) is 2.90. The molecular weight excluding hydrogens is 226 g/mol. The number of nitrogens with zero attached hydrogens (tertiary/aromatic N) is 1. The van der Waals surface area contributed by atoms with Crippen LogP contribution >= 0.6 is 0 Å². The van der Waals surface area contributed by atoms with Crippen molar-refractivity contribution >= 4 is 22.3 Å². The van der Waals surface area contributed by atoms with Gasteiger partial charge in [0.15, 0.2) is 0 Å². The lowest BCUT2D eigenvalue weighted by Gasteiger charge is -2.14. The molecule has 0 amide bonds. The third-order valence-electron chi connectivity index (χ3n) is 2.80. The van der Waals surface area contributed by atoms with Crippen LogP contribution in [-0.2, 0) is 4.74 Å². The summed E-state index contributed by atoms with van der Waals surface area (Å²) < 4.78 is 5.50. The summed E-state index contributed by atoms with van der Waals surface area (Å²) in [7, 11) is 0. The highest BCUT2D eigenvalue weighted by molar-refractivity contribution is 5.92. The SMILES string of the molecule is CCOC(C)CNc1ccnc2cc(N)ccc12. The van der Waals surface area contributed by atoms with Gasteiger partial charge in [-0.3, -0.25) is 4.98 Å². The Hall–Kier alpha value is -1.81. The van der Waals surface area contributed by atoms with Crippen LogP contribution < -0.4 is 11.1 Å². The van der Waals surface area contributed by atoms with E-state index in [1.54, 1.807) is 6.20 Å². The Bertz CT molecular complexity index is 527. The Morgan fingerprint density at radius 3 is 3.00 bits per heavy atom. The second-order valence-corrected chi connectivity index (χ2v) is 4.28. The van der Waals surface area contributed by atoms with Crippen molar-refractivity contribution in [3.8, 4) is 0 Å². The molecule has 0 fully saturated rings. The predicted molar refractivity (Wildman–Crippen MR) is 75.7 cm³/mol. The second kappa shape index (κ2) is 5.69. The van der Waals surface area contributed by atoms with Gasteiger partial charge in [-0.2, -0.15) is 0 Å². The van der Waals surface area contributed by atoms with Gasteiger partial charge in [0.05, 0.1) is 11.6 Å². The zero-order valence-electron chi connectivity index (χ0n) is 10.8. The molecule has 1 heterocycles. The van der Waals surface area contributed by atoms with E-state index in [1.807, 2.05) is 31.2 Å². The van der Waals surface area contributed by atoms with Crippen molar-refractivity contribution < 1.29 is 4.74 Å². The minimum Gasteiger partial charge on any atom is -0.399 e. The molecule has 3 N–H and O–H groups in total. The first-order valence-electron chi connectivity index (χ1n) is 6.20. The fourth-order valence-corrected chi connectivity index (χ4v) is 1.92. The number of ether oxygens (including phenoxy) is 1. The summed E-state index contributed by atoms with van der Waals surface area (Å²) in [6, 6.07) is 7.73. The topological polar surface area (TPSA) is 60.2 Å². The average molecular weight is 245 g/mol. The van der Waals surface area contributed by atoms with Crippen molar-refractivity contribution in [3.63, 3.8) is 0 Å². The zero-order chi connectivity index (χ0) is 13.0. The second-order valence-electron chi connectivity index (χ2n) is 4.28. The summed E-state index contributed by atoms with van der Waals surface area (Å²) in [5.74, 6) is 0. The van der Waals surface area contributed by atoms with E-state index in [2.05, 4.69) is 17.2 Å². The van der Waals surface area contributed by atoms with E-state index >= 15 is 0 Å². The van der Waals surface area contributed by atoms with Gasteiger partial charge in [0.25, 0.3) is 0 Å². The van der Waals surface area contributed by atoms with E-state index in [9.17, 15) is 0 Å². The van der Waals surface area contributed by atoms with Crippen LogP contribution in [-0.4, -0.2) is 24.2 Å². The number of aromatic nitrogens is 1. The van der Waals surface area contributed by atoms with Gasteiger partial charge in [-0.15, -0.1) is 0 Å². The Morgan fingerprint density at radius 1 is 1.39 bits per heavy atom. The van der Waals surface area contributed by atoms with Crippen molar-refractivity contribution in [2.45, 2.75) is 20.0 Å². The van der Waals surface area contributed by atoms with Crippen LogP contribution in [0.5, 0.6) is 0 Å². The van der Waals surface area contributed by atoms with E-state index in [0.717, 1.165) is 35.4 Å². The van der Waals surface area contributed by atoms with Gasteiger partial charge in [0.1, 0.15) is 0 Å². The molecule has 0 bridgehead atoms. The predicted octanol–water partition coefficient (Wildman–Crippen LogP) is 2.65. The van der Waals surface area contributed by atoms with E-state index < -0.39 is 0 Å². The molecule has 0 aliphatic heterocycles. The smallest absolute Gasteiger partial charge is 0.0743 e. The van der Waals surface area contributed by atoms with Crippen LogP contribution in [0.25, 0.3) is 10.9 Å². The highest BCUT2D eigenvalue weighted by Crippen LogP contribution is 2.23. The number of hydrogen-bond acceptors (Lipinski definition) is 4. The molecule has 0 spiro atoms. The van der Waals surface area contributed by atoms with Gasteiger partial charge in [-0.25, -0.2) is 0 Å². The number of rotatable bonds is 5. The number of nitrogens with one attached hydrogen (secondary N) is 1. The normalized spacial score (nSPS) is 12.6. The minimum atomic E-state index is 0.187. The van der Waals surface area contributed by atoms with Crippen LogP contribution in [0.2, 0.25) is 0 Å². The molecule has 0 aliphatic rings. The number of pyridine rings is 1. The van der Waals surface area contributed by atoms with Crippen LogP contribution in [0, 0.1) is 0 Å². The zero-order valence-corrected chi connectivity index (χ0v) is 10.8. The van der Waals surface area contributed by atoms with E-state index in [0.29, 0.717) is 0 Å². The van der Waals surface area contributed by atoms with Crippen LogP contribution in [0.3, 0.4) is 0 Å². The molecule has 18 heavy (non-hydrogen) atoms. The Balaban J connectivity index is 2.18. The van der Waals surface area contributed by atoms with Crippen molar-refractivity contribution in [1.29, 1.82) is 0 Å². The molecular formula is C14H19N3O.